The quantitative estimate of drug-likeness (QED) is 0.726. The molecule has 0 saturated carbocycles. The second-order valence-electron chi connectivity index (χ2n) is 3.58. The molecule has 2 rings (SSSR count). The van der Waals surface area contributed by atoms with Crippen LogP contribution in [0.4, 0.5) is 10.5 Å². The molecule has 2 N–H and O–H groups in total. The number of amides is 3. The second-order valence-corrected chi connectivity index (χ2v) is 3.58. The van der Waals surface area contributed by atoms with Gasteiger partial charge in [0.2, 0.25) is 0 Å². The first kappa shape index (κ1) is 10.6. The fourth-order valence-corrected chi connectivity index (χ4v) is 1.65. The van der Waals surface area contributed by atoms with Crippen molar-refractivity contribution in [3.05, 3.63) is 29.8 Å². The summed E-state index contributed by atoms with van der Waals surface area (Å²) in [4.78, 5) is 24.0. The van der Waals surface area contributed by atoms with E-state index in [0.717, 1.165) is 17.0 Å². The highest BCUT2D eigenvalue weighted by Gasteiger charge is 2.29. The predicted octanol–water partition coefficient (Wildman–Crippen LogP) is 0.462. The number of imide groups is 1. The topological polar surface area (TPSA) is 61.4 Å². The Hall–Kier alpha value is -1.88. The normalized spacial score (nSPS) is 15.4. The Balaban J connectivity index is 2.21. The van der Waals surface area contributed by atoms with Crippen LogP contribution in [0.1, 0.15) is 5.56 Å². The molecule has 5 nitrogen and oxygen atoms in total. The minimum atomic E-state index is -0.355. The molecule has 0 atom stereocenters. The summed E-state index contributed by atoms with van der Waals surface area (Å²) in [5, 5.41) is 5.51. The number of nitrogens with zero attached hydrogens (tertiary/aromatic N) is 1. The van der Waals surface area contributed by atoms with Gasteiger partial charge in [-0.2, -0.15) is 0 Å². The lowest BCUT2D eigenvalue weighted by molar-refractivity contribution is -0.115. The van der Waals surface area contributed by atoms with Crippen LogP contribution in [0, 0.1) is 0 Å². The first-order valence-corrected chi connectivity index (χ1v) is 5.06. The minimum absolute atomic E-state index is 0.0805. The number of hydrogen-bond acceptors (Lipinski definition) is 3. The van der Waals surface area contributed by atoms with Crippen LogP contribution in [0.25, 0.3) is 0 Å². The maximum atomic E-state index is 11.4. The number of carbonyl (C=O) groups is 2. The van der Waals surface area contributed by atoms with Crippen molar-refractivity contribution < 1.29 is 9.59 Å². The lowest BCUT2D eigenvalue weighted by Gasteiger charge is -2.12. The van der Waals surface area contributed by atoms with Gasteiger partial charge < -0.3 is 10.6 Å². The molecule has 3 amide bonds. The maximum absolute atomic E-state index is 11.4. The van der Waals surface area contributed by atoms with Gasteiger partial charge in [-0.25, -0.2) is 9.69 Å². The lowest BCUT2D eigenvalue weighted by Crippen LogP contribution is -2.30. The molecule has 0 radical (unpaired) electrons. The molecule has 84 valence electrons. The molecule has 1 aromatic rings. The maximum Gasteiger partial charge on any atom is 0.329 e. The van der Waals surface area contributed by atoms with Crippen molar-refractivity contribution in [3.8, 4) is 0 Å². The van der Waals surface area contributed by atoms with Crippen LogP contribution in [0.5, 0.6) is 0 Å². The lowest BCUT2D eigenvalue weighted by atomic mass is 10.2. The first-order valence-electron chi connectivity index (χ1n) is 5.06. The molecule has 16 heavy (non-hydrogen) atoms. The molecular weight excluding hydrogens is 206 g/mol. The molecule has 1 aliphatic rings. The molecule has 1 fully saturated rings. The monoisotopic (exact) mass is 219 g/mol. The van der Waals surface area contributed by atoms with Gasteiger partial charge in [0.1, 0.15) is 0 Å². The summed E-state index contributed by atoms with van der Waals surface area (Å²) in [5.74, 6) is -0.216. The van der Waals surface area contributed by atoms with Gasteiger partial charge in [-0.1, -0.05) is 12.1 Å². The van der Waals surface area contributed by atoms with Crippen LogP contribution in [0.2, 0.25) is 0 Å². The molecule has 1 heterocycles. The Labute approximate surface area is 93.4 Å². The first-order chi connectivity index (χ1) is 7.72. The van der Waals surface area contributed by atoms with Crippen molar-refractivity contribution in [2.24, 2.45) is 0 Å². The average Bonchev–Trinajstić information content (AvgIpc) is 2.61. The fourth-order valence-electron chi connectivity index (χ4n) is 1.65. The molecule has 0 aliphatic carbocycles. The van der Waals surface area contributed by atoms with E-state index in [2.05, 4.69) is 10.6 Å². The Morgan fingerprint density at radius 1 is 1.31 bits per heavy atom. The summed E-state index contributed by atoms with van der Waals surface area (Å²) in [6.07, 6.45) is 0. The van der Waals surface area contributed by atoms with Crippen molar-refractivity contribution in [2.45, 2.75) is 6.54 Å². The van der Waals surface area contributed by atoms with Gasteiger partial charge in [0, 0.05) is 6.54 Å². The third-order valence-corrected chi connectivity index (χ3v) is 2.42. The van der Waals surface area contributed by atoms with E-state index in [1.807, 2.05) is 19.2 Å². The molecule has 0 bridgehead atoms. The molecule has 1 saturated heterocycles. The van der Waals surface area contributed by atoms with Crippen molar-refractivity contribution in [1.29, 1.82) is 0 Å². The van der Waals surface area contributed by atoms with Crippen LogP contribution < -0.4 is 15.5 Å². The summed E-state index contributed by atoms with van der Waals surface area (Å²) in [6.45, 7) is 0.845. The molecular formula is C11H13N3O2. The highest BCUT2D eigenvalue weighted by Crippen LogP contribution is 2.17. The summed E-state index contributed by atoms with van der Waals surface area (Å²) in [5.41, 5.74) is 1.72. The zero-order chi connectivity index (χ0) is 11.5. The largest absolute Gasteiger partial charge is 0.329 e. The molecule has 0 spiro atoms. The number of nitrogens with one attached hydrogen (secondary N) is 2. The van der Waals surface area contributed by atoms with E-state index < -0.39 is 0 Å². The Kier molecular flexibility index (Phi) is 2.87. The van der Waals surface area contributed by atoms with Crippen LogP contribution in [0.15, 0.2) is 24.3 Å². The van der Waals surface area contributed by atoms with Gasteiger partial charge in [0.25, 0.3) is 5.91 Å². The summed E-state index contributed by atoms with van der Waals surface area (Å²) < 4.78 is 0. The van der Waals surface area contributed by atoms with E-state index in [9.17, 15) is 9.59 Å². The van der Waals surface area contributed by atoms with E-state index in [1.165, 1.54) is 0 Å². The van der Waals surface area contributed by atoms with Gasteiger partial charge in [-0.05, 0) is 24.7 Å². The third kappa shape index (κ3) is 1.90. The van der Waals surface area contributed by atoms with E-state index in [-0.39, 0.29) is 18.5 Å². The highest BCUT2D eigenvalue weighted by molar-refractivity contribution is 6.19. The molecule has 0 aromatic heterocycles. The third-order valence-electron chi connectivity index (χ3n) is 2.42. The molecule has 1 aromatic carbocycles. The van der Waals surface area contributed by atoms with Crippen LogP contribution in [-0.2, 0) is 11.3 Å². The Bertz CT molecular complexity index is 398. The van der Waals surface area contributed by atoms with Crippen LogP contribution >= 0.6 is 0 Å². The number of rotatable bonds is 3. The Morgan fingerprint density at radius 2 is 2.00 bits per heavy atom. The molecule has 1 aliphatic heterocycles. The van der Waals surface area contributed by atoms with Crippen LogP contribution in [0.3, 0.4) is 0 Å². The molecule has 5 heteroatoms. The summed E-state index contributed by atoms with van der Waals surface area (Å²) in [7, 11) is 1.87. The summed E-state index contributed by atoms with van der Waals surface area (Å²) >= 11 is 0. The van der Waals surface area contributed by atoms with Gasteiger partial charge in [0.15, 0.2) is 0 Å². The van der Waals surface area contributed by atoms with Gasteiger partial charge in [0.05, 0.1) is 12.2 Å². The predicted molar refractivity (Wildman–Crippen MR) is 60.1 cm³/mol. The summed E-state index contributed by atoms with van der Waals surface area (Å²) in [6, 6.07) is 6.98. The minimum Gasteiger partial charge on any atom is -0.328 e. The van der Waals surface area contributed by atoms with Gasteiger partial charge in [-0.15, -0.1) is 0 Å². The molecule has 0 unspecified atom stereocenters. The number of hydrogen-bond donors (Lipinski definition) is 2. The van der Waals surface area contributed by atoms with E-state index in [1.54, 1.807) is 12.1 Å². The van der Waals surface area contributed by atoms with Crippen molar-refractivity contribution in [2.75, 3.05) is 18.5 Å². The van der Waals surface area contributed by atoms with E-state index in [0.29, 0.717) is 5.69 Å². The number of anilines is 1. The van der Waals surface area contributed by atoms with Crippen molar-refractivity contribution in [1.82, 2.24) is 10.6 Å². The second kappa shape index (κ2) is 4.32. The van der Waals surface area contributed by atoms with E-state index >= 15 is 0 Å². The fraction of sp³-hybridized carbons (Fsp3) is 0.273. The average molecular weight is 219 g/mol. The van der Waals surface area contributed by atoms with Crippen LogP contribution in [-0.4, -0.2) is 25.5 Å². The zero-order valence-electron chi connectivity index (χ0n) is 8.99. The standard InChI is InChI=1S/C11H13N3O2/c1-12-6-8-2-4-9(5-3-8)14-10(15)7-13-11(14)16/h2-5,12H,6-7H2,1H3,(H,13,16). The smallest absolute Gasteiger partial charge is 0.328 e. The van der Waals surface area contributed by atoms with Crippen molar-refractivity contribution in [3.63, 3.8) is 0 Å². The van der Waals surface area contributed by atoms with Gasteiger partial charge in [-0.3, -0.25) is 4.79 Å². The highest BCUT2D eigenvalue weighted by atomic mass is 16.2. The van der Waals surface area contributed by atoms with E-state index in [4.69, 9.17) is 0 Å². The van der Waals surface area contributed by atoms with Crippen molar-refractivity contribution >= 4 is 17.6 Å². The zero-order valence-corrected chi connectivity index (χ0v) is 8.99. The number of urea groups is 1. The SMILES string of the molecule is CNCc1ccc(N2C(=O)CNC2=O)cc1. The Morgan fingerprint density at radius 3 is 2.50 bits per heavy atom. The van der Waals surface area contributed by atoms with Gasteiger partial charge >= 0.3 is 6.03 Å². The number of carbonyl (C=O) groups excluding carboxylic acids is 2. The number of benzene rings is 1.